The lowest BCUT2D eigenvalue weighted by atomic mass is 9.76. The van der Waals surface area contributed by atoms with Crippen molar-refractivity contribution in [1.29, 1.82) is 0 Å². The SMILES string of the molecule is C[C@@H]1C[C@@H]2[C@H](N)C[C@@H](C(F)(F)F)C[C@H]2O1. The van der Waals surface area contributed by atoms with Gasteiger partial charge in [-0.3, -0.25) is 0 Å². The zero-order chi connectivity index (χ0) is 11.2. The highest BCUT2D eigenvalue weighted by Gasteiger charge is 2.50. The molecule has 0 radical (unpaired) electrons. The zero-order valence-electron chi connectivity index (χ0n) is 8.63. The third-order valence-electron chi connectivity index (χ3n) is 3.58. The van der Waals surface area contributed by atoms with Crippen LogP contribution in [0.1, 0.15) is 26.2 Å². The highest BCUT2D eigenvalue weighted by Crippen LogP contribution is 2.44. The van der Waals surface area contributed by atoms with E-state index in [4.69, 9.17) is 10.5 Å². The zero-order valence-corrected chi connectivity index (χ0v) is 8.63. The van der Waals surface area contributed by atoms with Gasteiger partial charge in [-0.15, -0.1) is 0 Å². The predicted octanol–water partition coefficient (Wildman–Crippen LogP) is 2.08. The second-order valence-electron chi connectivity index (χ2n) is 4.76. The molecule has 0 aromatic heterocycles. The molecule has 1 saturated carbocycles. The Labute approximate surface area is 87.0 Å². The van der Waals surface area contributed by atoms with Gasteiger partial charge in [0.2, 0.25) is 0 Å². The largest absolute Gasteiger partial charge is 0.391 e. The second kappa shape index (κ2) is 3.63. The molecule has 1 saturated heterocycles. The van der Waals surface area contributed by atoms with Crippen molar-refractivity contribution in [1.82, 2.24) is 0 Å². The molecule has 0 aromatic carbocycles. The Morgan fingerprint density at radius 1 is 1.20 bits per heavy atom. The van der Waals surface area contributed by atoms with Crippen molar-refractivity contribution in [3.8, 4) is 0 Å². The van der Waals surface area contributed by atoms with Gasteiger partial charge in [0.1, 0.15) is 0 Å². The molecule has 5 heteroatoms. The third kappa shape index (κ3) is 2.13. The molecule has 2 N–H and O–H groups in total. The smallest absolute Gasteiger partial charge is 0.375 e. The summed E-state index contributed by atoms with van der Waals surface area (Å²) in [6.07, 6.45) is -3.41. The summed E-state index contributed by atoms with van der Waals surface area (Å²) >= 11 is 0. The fourth-order valence-electron chi connectivity index (χ4n) is 2.82. The van der Waals surface area contributed by atoms with Gasteiger partial charge in [-0.25, -0.2) is 0 Å². The third-order valence-corrected chi connectivity index (χ3v) is 3.58. The number of hydrogen-bond acceptors (Lipinski definition) is 2. The van der Waals surface area contributed by atoms with E-state index in [1.165, 1.54) is 0 Å². The average Bonchev–Trinajstić information content (AvgIpc) is 2.44. The summed E-state index contributed by atoms with van der Waals surface area (Å²) in [5.41, 5.74) is 5.79. The molecule has 1 heterocycles. The molecule has 0 bridgehead atoms. The van der Waals surface area contributed by atoms with Gasteiger partial charge in [-0.05, 0) is 26.2 Å². The van der Waals surface area contributed by atoms with E-state index in [0.717, 1.165) is 6.42 Å². The van der Waals surface area contributed by atoms with Crippen LogP contribution < -0.4 is 5.73 Å². The molecule has 2 aliphatic rings. The van der Waals surface area contributed by atoms with Crippen molar-refractivity contribution >= 4 is 0 Å². The van der Waals surface area contributed by atoms with Gasteiger partial charge in [-0.2, -0.15) is 13.2 Å². The van der Waals surface area contributed by atoms with Crippen LogP contribution >= 0.6 is 0 Å². The number of nitrogens with two attached hydrogens (primary N) is 1. The first-order valence-corrected chi connectivity index (χ1v) is 5.35. The van der Waals surface area contributed by atoms with Gasteiger partial charge >= 0.3 is 6.18 Å². The Kier molecular flexibility index (Phi) is 2.71. The highest BCUT2D eigenvalue weighted by atomic mass is 19.4. The summed E-state index contributed by atoms with van der Waals surface area (Å²) in [4.78, 5) is 0. The van der Waals surface area contributed by atoms with Crippen molar-refractivity contribution in [3.05, 3.63) is 0 Å². The Bertz CT molecular complexity index is 243. The Morgan fingerprint density at radius 2 is 1.87 bits per heavy atom. The Morgan fingerprint density at radius 3 is 2.47 bits per heavy atom. The van der Waals surface area contributed by atoms with Gasteiger partial charge in [0, 0.05) is 12.0 Å². The van der Waals surface area contributed by atoms with E-state index in [1.807, 2.05) is 6.92 Å². The lowest BCUT2D eigenvalue weighted by Gasteiger charge is -2.36. The number of ether oxygens (including phenoxy) is 1. The quantitative estimate of drug-likeness (QED) is 0.682. The van der Waals surface area contributed by atoms with Crippen molar-refractivity contribution in [2.24, 2.45) is 17.6 Å². The minimum atomic E-state index is -4.13. The van der Waals surface area contributed by atoms with Crippen LogP contribution in [0.4, 0.5) is 13.2 Å². The van der Waals surface area contributed by atoms with E-state index < -0.39 is 12.1 Å². The summed E-state index contributed by atoms with van der Waals surface area (Å²) in [6.45, 7) is 1.90. The molecule has 0 aromatic rings. The minimum Gasteiger partial charge on any atom is -0.375 e. The molecule has 1 aliphatic carbocycles. The maximum absolute atomic E-state index is 12.6. The summed E-state index contributed by atoms with van der Waals surface area (Å²) in [7, 11) is 0. The van der Waals surface area contributed by atoms with Crippen LogP contribution in [0.2, 0.25) is 0 Å². The summed E-state index contributed by atoms with van der Waals surface area (Å²) in [5.74, 6) is -1.15. The maximum atomic E-state index is 12.6. The van der Waals surface area contributed by atoms with Crippen LogP contribution in [-0.4, -0.2) is 24.4 Å². The summed E-state index contributed by atoms with van der Waals surface area (Å²) < 4.78 is 43.2. The van der Waals surface area contributed by atoms with E-state index in [0.29, 0.717) is 0 Å². The maximum Gasteiger partial charge on any atom is 0.391 e. The van der Waals surface area contributed by atoms with Crippen LogP contribution in [0, 0.1) is 11.8 Å². The number of rotatable bonds is 0. The lowest BCUT2D eigenvalue weighted by molar-refractivity contribution is -0.194. The van der Waals surface area contributed by atoms with E-state index in [-0.39, 0.29) is 37.0 Å². The Hall–Kier alpha value is -0.290. The van der Waals surface area contributed by atoms with Gasteiger partial charge in [-0.1, -0.05) is 0 Å². The van der Waals surface area contributed by atoms with Crippen molar-refractivity contribution in [3.63, 3.8) is 0 Å². The molecule has 0 amide bonds. The molecule has 0 unspecified atom stereocenters. The van der Waals surface area contributed by atoms with Gasteiger partial charge in [0.15, 0.2) is 0 Å². The molecule has 0 spiro atoms. The first kappa shape index (κ1) is 11.2. The molecule has 2 fully saturated rings. The monoisotopic (exact) mass is 223 g/mol. The Balaban J connectivity index is 2.07. The van der Waals surface area contributed by atoms with Crippen LogP contribution in [0.25, 0.3) is 0 Å². The van der Waals surface area contributed by atoms with Gasteiger partial charge < -0.3 is 10.5 Å². The standard InChI is InChI=1S/C10H16F3NO/c1-5-2-7-8(14)3-6(10(11,12)13)4-9(7)15-5/h5-9H,2-4,14H2,1H3/t5-,6-,7-,8-,9-/m1/s1. The molecule has 1 aliphatic heterocycles. The number of halogens is 3. The van der Waals surface area contributed by atoms with Crippen LogP contribution in [0.15, 0.2) is 0 Å². The van der Waals surface area contributed by atoms with E-state index in [1.54, 1.807) is 0 Å². The molecule has 88 valence electrons. The fraction of sp³-hybridized carbons (Fsp3) is 1.00. The molecular weight excluding hydrogens is 207 g/mol. The lowest BCUT2D eigenvalue weighted by Crippen LogP contribution is -2.46. The minimum absolute atomic E-state index is 0.0537. The normalized spacial score (nSPS) is 46.6. The first-order chi connectivity index (χ1) is 6.88. The number of alkyl halides is 3. The second-order valence-corrected chi connectivity index (χ2v) is 4.76. The van der Waals surface area contributed by atoms with E-state index in [2.05, 4.69) is 0 Å². The molecule has 5 atom stereocenters. The van der Waals surface area contributed by atoms with Gasteiger partial charge in [0.25, 0.3) is 0 Å². The van der Waals surface area contributed by atoms with Crippen LogP contribution in [-0.2, 0) is 4.74 Å². The van der Waals surface area contributed by atoms with E-state index in [9.17, 15) is 13.2 Å². The van der Waals surface area contributed by atoms with Crippen molar-refractivity contribution in [2.75, 3.05) is 0 Å². The topological polar surface area (TPSA) is 35.2 Å². The number of fused-ring (bicyclic) bond motifs is 1. The predicted molar refractivity (Wildman–Crippen MR) is 49.2 cm³/mol. The average molecular weight is 223 g/mol. The van der Waals surface area contributed by atoms with E-state index >= 15 is 0 Å². The van der Waals surface area contributed by atoms with Crippen molar-refractivity contribution in [2.45, 2.75) is 50.6 Å². The van der Waals surface area contributed by atoms with Crippen LogP contribution in [0.5, 0.6) is 0 Å². The summed E-state index contributed by atoms with van der Waals surface area (Å²) in [6, 6.07) is -0.361. The highest BCUT2D eigenvalue weighted by molar-refractivity contribution is 4.95. The summed E-state index contributed by atoms with van der Waals surface area (Å²) in [5, 5.41) is 0. The fourth-order valence-corrected chi connectivity index (χ4v) is 2.82. The molecule has 15 heavy (non-hydrogen) atoms. The molecule has 2 rings (SSSR count). The van der Waals surface area contributed by atoms with Crippen LogP contribution in [0.3, 0.4) is 0 Å². The first-order valence-electron chi connectivity index (χ1n) is 5.35. The number of hydrogen-bond donors (Lipinski definition) is 1. The molecular formula is C10H16F3NO. The van der Waals surface area contributed by atoms with Gasteiger partial charge in [0.05, 0.1) is 18.1 Å². The molecule has 2 nitrogen and oxygen atoms in total. The van der Waals surface area contributed by atoms with Crippen molar-refractivity contribution < 1.29 is 17.9 Å².